The van der Waals surface area contributed by atoms with Crippen LogP contribution < -0.4 is 0 Å². The second kappa shape index (κ2) is 4.54. The number of hydrogen-bond acceptors (Lipinski definition) is 2. The van der Waals surface area contributed by atoms with Crippen LogP contribution in [0.1, 0.15) is 6.42 Å². The molecule has 2 aliphatic rings. The van der Waals surface area contributed by atoms with Crippen molar-refractivity contribution in [3.8, 4) is 0 Å². The van der Waals surface area contributed by atoms with Crippen LogP contribution >= 0.6 is 0 Å². The Hall–Kier alpha value is -1.53. The highest BCUT2D eigenvalue weighted by Crippen LogP contribution is 2.48. The zero-order valence-electron chi connectivity index (χ0n) is 10.2. The van der Waals surface area contributed by atoms with Crippen LogP contribution in [0.4, 0.5) is 13.2 Å². The molecule has 0 aliphatic heterocycles. The summed E-state index contributed by atoms with van der Waals surface area (Å²) in [5, 5.41) is 9.14. The summed E-state index contributed by atoms with van der Waals surface area (Å²) in [5.74, 6) is -4.12. The number of amides is 1. The molecule has 0 radical (unpaired) electrons. The number of allylic oxidation sites excluding steroid dienone is 2. The maximum atomic E-state index is 12.3. The number of hydrogen-bond donors (Lipinski definition) is 1. The summed E-state index contributed by atoms with van der Waals surface area (Å²) in [7, 11) is 1.06. The molecule has 0 saturated heterocycles. The number of carboxylic acids is 1. The van der Waals surface area contributed by atoms with Gasteiger partial charge in [-0.3, -0.25) is 9.59 Å². The summed E-state index contributed by atoms with van der Waals surface area (Å²) in [5.41, 5.74) is 0. The molecule has 106 valence electrons. The summed E-state index contributed by atoms with van der Waals surface area (Å²) in [4.78, 5) is 23.8. The Morgan fingerprint density at radius 3 is 2.26 bits per heavy atom. The quantitative estimate of drug-likeness (QED) is 0.796. The molecule has 0 spiro atoms. The molecular weight excluding hydrogens is 263 g/mol. The number of fused-ring (bicyclic) bond motifs is 2. The van der Waals surface area contributed by atoms with Gasteiger partial charge in [0.15, 0.2) is 0 Å². The molecule has 1 fully saturated rings. The van der Waals surface area contributed by atoms with Crippen molar-refractivity contribution in [1.29, 1.82) is 0 Å². The molecule has 0 aromatic carbocycles. The number of carboxylic acid groups (broad SMARTS) is 1. The van der Waals surface area contributed by atoms with Crippen molar-refractivity contribution in [2.75, 3.05) is 13.6 Å². The lowest BCUT2D eigenvalue weighted by atomic mass is 9.82. The minimum atomic E-state index is -4.48. The number of carbonyl (C=O) groups excluding carboxylic acids is 1. The van der Waals surface area contributed by atoms with Gasteiger partial charge in [0.1, 0.15) is 6.54 Å². The molecule has 2 bridgehead atoms. The van der Waals surface area contributed by atoms with E-state index >= 15 is 0 Å². The van der Waals surface area contributed by atoms with Crippen LogP contribution in [0.5, 0.6) is 0 Å². The molecule has 0 aromatic rings. The van der Waals surface area contributed by atoms with Gasteiger partial charge >= 0.3 is 12.1 Å². The van der Waals surface area contributed by atoms with Crippen LogP contribution in [0.15, 0.2) is 12.2 Å². The van der Waals surface area contributed by atoms with Gasteiger partial charge in [0.05, 0.1) is 11.8 Å². The number of rotatable bonds is 3. The lowest BCUT2D eigenvalue weighted by Crippen LogP contribution is -2.44. The third-order valence-corrected chi connectivity index (χ3v) is 3.82. The Morgan fingerprint density at radius 1 is 1.26 bits per heavy atom. The largest absolute Gasteiger partial charge is 0.481 e. The smallest absolute Gasteiger partial charge is 0.406 e. The molecule has 2 rings (SSSR count). The van der Waals surface area contributed by atoms with Crippen molar-refractivity contribution in [3.05, 3.63) is 12.2 Å². The molecule has 1 amide bonds. The van der Waals surface area contributed by atoms with E-state index in [9.17, 15) is 22.8 Å². The van der Waals surface area contributed by atoms with Crippen molar-refractivity contribution >= 4 is 11.9 Å². The third kappa shape index (κ3) is 2.59. The minimum absolute atomic E-state index is 0.240. The molecule has 0 heterocycles. The number of carbonyl (C=O) groups is 2. The van der Waals surface area contributed by atoms with Crippen molar-refractivity contribution in [2.24, 2.45) is 23.7 Å². The van der Waals surface area contributed by atoms with Crippen LogP contribution in [0.2, 0.25) is 0 Å². The maximum absolute atomic E-state index is 12.3. The van der Waals surface area contributed by atoms with Crippen molar-refractivity contribution in [1.82, 2.24) is 4.90 Å². The fourth-order valence-electron chi connectivity index (χ4n) is 3.10. The van der Waals surface area contributed by atoms with Crippen LogP contribution in [-0.2, 0) is 9.59 Å². The van der Waals surface area contributed by atoms with Crippen molar-refractivity contribution in [3.63, 3.8) is 0 Å². The Balaban J connectivity index is 2.14. The Bertz CT molecular complexity index is 432. The van der Waals surface area contributed by atoms with Gasteiger partial charge in [0, 0.05) is 7.05 Å². The highest BCUT2D eigenvalue weighted by Gasteiger charge is 2.52. The van der Waals surface area contributed by atoms with Gasteiger partial charge in [-0.05, 0) is 18.3 Å². The van der Waals surface area contributed by atoms with Gasteiger partial charge in [0.25, 0.3) is 0 Å². The molecule has 1 N–H and O–H groups in total. The normalized spacial score (nSPS) is 32.6. The molecule has 1 saturated carbocycles. The highest BCUT2D eigenvalue weighted by atomic mass is 19.4. The molecule has 19 heavy (non-hydrogen) atoms. The van der Waals surface area contributed by atoms with Gasteiger partial charge < -0.3 is 10.0 Å². The summed E-state index contributed by atoms with van der Waals surface area (Å²) in [6.45, 7) is -1.35. The molecular formula is C12H14F3NO3. The SMILES string of the molecule is CN(CC(F)(F)F)C(=O)[C@H]1C2C=CC(C2)[C@H]1C(=O)O. The maximum Gasteiger partial charge on any atom is 0.406 e. The van der Waals surface area contributed by atoms with E-state index in [-0.39, 0.29) is 11.8 Å². The Kier molecular flexibility index (Phi) is 3.32. The van der Waals surface area contributed by atoms with Gasteiger partial charge in [-0.2, -0.15) is 13.2 Å². The topological polar surface area (TPSA) is 57.6 Å². The van der Waals surface area contributed by atoms with E-state index in [2.05, 4.69) is 0 Å². The van der Waals surface area contributed by atoms with Crippen LogP contribution in [0.3, 0.4) is 0 Å². The van der Waals surface area contributed by atoms with E-state index in [0.29, 0.717) is 11.3 Å². The highest BCUT2D eigenvalue weighted by molar-refractivity contribution is 5.86. The molecule has 7 heteroatoms. The van der Waals surface area contributed by atoms with Crippen molar-refractivity contribution in [2.45, 2.75) is 12.6 Å². The number of nitrogens with zero attached hydrogens (tertiary/aromatic N) is 1. The van der Waals surface area contributed by atoms with E-state index < -0.39 is 36.4 Å². The molecule has 2 unspecified atom stereocenters. The second-order valence-corrected chi connectivity index (χ2v) is 5.15. The van der Waals surface area contributed by atoms with Gasteiger partial charge in [-0.1, -0.05) is 12.2 Å². The van der Waals surface area contributed by atoms with Gasteiger partial charge in [-0.15, -0.1) is 0 Å². The predicted molar refractivity (Wildman–Crippen MR) is 59.0 cm³/mol. The third-order valence-electron chi connectivity index (χ3n) is 3.82. The van der Waals surface area contributed by atoms with E-state index in [1.54, 1.807) is 12.2 Å². The Morgan fingerprint density at radius 2 is 1.79 bits per heavy atom. The molecule has 4 nitrogen and oxygen atoms in total. The molecule has 0 aromatic heterocycles. The second-order valence-electron chi connectivity index (χ2n) is 5.15. The van der Waals surface area contributed by atoms with Gasteiger partial charge in [0.2, 0.25) is 5.91 Å². The zero-order valence-corrected chi connectivity index (χ0v) is 10.2. The van der Waals surface area contributed by atoms with Crippen LogP contribution in [-0.4, -0.2) is 41.7 Å². The minimum Gasteiger partial charge on any atom is -0.481 e. The summed E-state index contributed by atoms with van der Waals surface area (Å²) >= 11 is 0. The first-order chi connectivity index (χ1) is 8.70. The number of alkyl halides is 3. The summed E-state index contributed by atoms with van der Waals surface area (Å²) < 4.78 is 36.8. The molecule has 4 atom stereocenters. The number of halogens is 3. The first-order valence-corrected chi connectivity index (χ1v) is 5.93. The first-order valence-electron chi connectivity index (χ1n) is 5.93. The summed E-state index contributed by atoms with van der Waals surface area (Å²) in [6.07, 6.45) is -0.449. The van der Waals surface area contributed by atoms with E-state index in [1.807, 2.05) is 0 Å². The lowest BCUT2D eigenvalue weighted by molar-refractivity contribution is -0.164. The average Bonchev–Trinajstić information content (AvgIpc) is 2.84. The van der Waals surface area contributed by atoms with Crippen LogP contribution in [0.25, 0.3) is 0 Å². The lowest BCUT2D eigenvalue weighted by Gasteiger charge is -2.28. The predicted octanol–water partition coefficient (Wildman–Crippen LogP) is 1.53. The average molecular weight is 277 g/mol. The van der Waals surface area contributed by atoms with E-state index in [4.69, 9.17) is 5.11 Å². The fraction of sp³-hybridized carbons (Fsp3) is 0.667. The Labute approximate surface area is 107 Å². The van der Waals surface area contributed by atoms with E-state index in [1.165, 1.54) is 0 Å². The van der Waals surface area contributed by atoms with Gasteiger partial charge in [-0.25, -0.2) is 0 Å². The van der Waals surface area contributed by atoms with Crippen LogP contribution in [0, 0.1) is 23.7 Å². The standard InChI is InChI=1S/C12H14F3NO3/c1-16(5-12(13,14)15)10(17)8-6-2-3-7(4-6)9(8)11(18)19/h2-3,6-9H,4-5H2,1H3,(H,18,19)/t6?,7?,8-,9+/m0/s1. The number of aliphatic carboxylic acids is 1. The first kappa shape index (κ1) is 13.9. The summed E-state index contributed by atoms with van der Waals surface area (Å²) in [6, 6.07) is 0. The zero-order chi connectivity index (χ0) is 14.4. The van der Waals surface area contributed by atoms with Crippen molar-refractivity contribution < 1.29 is 27.9 Å². The molecule has 2 aliphatic carbocycles. The monoisotopic (exact) mass is 277 g/mol. The fourth-order valence-corrected chi connectivity index (χ4v) is 3.10. The van der Waals surface area contributed by atoms with E-state index in [0.717, 1.165) is 7.05 Å².